The second kappa shape index (κ2) is 5.99. The molecular formula is C15H22N4O2. The van der Waals surface area contributed by atoms with Crippen molar-refractivity contribution in [1.82, 2.24) is 19.9 Å². The molecule has 6 nitrogen and oxygen atoms in total. The highest BCUT2D eigenvalue weighted by Gasteiger charge is 2.25. The minimum Gasteiger partial charge on any atom is -0.444 e. The molecule has 0 bridgehead atoms. The maximum Gasteiger partial charge on any atom is 0.211 e. The third-order valence-electron chi connectivity index (χ3n) is 4.01. The number of aromatic nitrogens is 2. The summed E-state index contributed by atoms with van der Waals surface area (Å²) in [5.74, 6) is 2.63. The molecule has 1 unspecified atom stereocenters. The van der Waals surface area contributed by atoms with Crippen LogP contribution in [0.4, 0.5) is 0 Å². The molecule has 0 spiro atoms. The Morgan fingerprint density at radius 2 is 2.00 bits per heavy atom. The van der Waals surface area contributed by atoms with Crippen molar-refractivity contribution in [2.24, 2.45) is 0 Å². The van der Waals surface area contributed by atoms with Gasteiger partial charge in [-0.05, 0) is 20.8 Å². The van der Waals surface area contributed by atoms with Gasteiger partial charge in [-0.25, -0.2) is 4.98 Å². The largest absolute Gasteiger partial charge is 0.444 e. The van der Waals surface area contributed by atoms with Gasteiger partial charge in [-0.15, -0.1) is 0 Å². The number of oxazole rings is 1. The Hall–Kier alpha value is -1.66. The Morgan fingerprint density at radius 1 is 1.24 bits per heavy atom. The Bertz CT molecular complexity index is 584. The first-order valence-corrected chi connectivity index (χ1v) is 7.43. The molecule has 1 atom stereocenters. The number of nitrogens with zero attached hydrogens (tertiary/aromatic N) is 4. The lowest BCUT2D eigenvalue weighted by Gasteiger charge is -2.36. The summed E-state index contributed by atoms with van der Waals surface area (Å²) in [5, 5.41) is 3.93. The fourth-order valence-corrected chi connectivity index (χ4v) is 2.74. The van der Waals surface area contributed by atoms with Crippen LogP contribution in [0.1, 0.15) is 36.1 Å². The highest BCUT2D eigenvalue weighted by Crippen LogP contribution is 2.21. The molecule has 1 fully saturated rings. The zero-order valence-corrected chi connectivity index (χ0v) is 12.9. The van der Waals surface area contributed by atoms with E-state index in [2.05, 4.69) is 26.9 Å². The molecule has 1 aliphatic rings. The summed E-state index contributed by atoms with van der Waals surface area (Å²) in [6.07, 6.45) is 1.79. The van der Waals surface area contributed by atoms with Gasteiger partial charge in [0.05, 0.1) is 24.5 Å². The maximum absolute atomic E-state index is 5.63. The van der Waals surface area contributed by atoms with E-state index in [-0.39, 0.29) is 6.04 Å². The van der Waals surface area contributed by atoms with E-state index < -0.39 is 0 Å². The first-order valence-electron chi connectivity index (χ1n) is 7.43. The Balaban J connectivity index is 1.52. The van der Waals surface area contributed by atoms with Gasteiger partial charge < -0.3 is 8.94 Å². The zero-order valence-electron chi connectivity index (χ0n) is 12.9. The fourth-order valence-electron chi connectivity index (χ4n) is 2.74. The average Bonchev–Trinajstić information content (AvgIpc) is 3.08. The summed E-state index contributed by atoms with van der Waals surface area (Å²) in [7, 11) is 0. The molecule has 2 aromatic heterocycles. The molecule has 0 saturated carbocycles. The predicted octanol–water partition coefficient (Wildman–Crippen LogP) is 2.16. The molecule has 1 saturated heterocycles. The van der Waals surface area contributed by atoms with Crippen molar-refractivity contribution in [2.45, 2.75) is 33.4 Å². The van der Waals surface area contributed by atoms with Crippen LogP contribution in [-0.2, 0) is 6.54 Å². The fraction of sp³-hybridized carbons (Fsp3) is 0.600. The third kappa shape index (κ3) is 3.33. The van der Waals surface area contributed by atoms with Gasteiger partial charge in [0.2, 0.25) is 5.89 Å². The van der Waals surface area contributed by atoms with Gasteiger partial charge >= 0.3 is 0 Å². The minimum absolute atomic E-state index is 0.230. The topological polar surface area (TPSA) is 58.5 Å². The minimum atomic E-state index is 0.230. The Morgan fingerprint density at radius 3 is 2.57 bits per heavy atom. The van der Waals surface area contributed by atoms with Crippen LogP contribution < -0.4 is 0 Å². The molecule has 0 radical (unpaired) electrons. The van der Waals surface area contributed by atoms with Crippen molar-refractivity contribution < 1.29 is 8.94 Å². The number of aryl methyl sites for hydroxylation is 2. The number of hydrogen-bond acceptors (Lipinski definition) is 6. The van der Waals surface area contributed by atoms with Gasteiger partial charge in [-0.3, -0.25) is 9.80 Å². The van der Waals surface area contributed by atoms with Gasteiger partial charge in [0.1, 0.15) is 5.76 Å². The van der Waals surface area contributed by atoms with E-state index in [1.54, 1.807) is 6.20 Å². The summed E-state index contributed by atoms with van der Waals surface area (Å²) >= 11 is 0. The quantitative estimate of drug-likeness (QED) is 0.860. The zero-order chi connectivity index (χ0) is 14.8. The first kappa shape index (κ1) is 14.3. The lowest BCUT2D eigenvalue weighted by atomic mass is 10.2. The van der Waals surface area contributed by atoms with Crippen molar-refractivity contribution in [3.8, 4) is 0 Å². The first-order chi connectivity index (χ1) is 10.1. The van der Waals surface area contributed by atoms with Crippen molar-refractivity contribution in [3.05, 3.63) is 35.4 Å². The van der Waals surface area contributed by atoms with Crippen LogP contribution >= 0.6 is 0 Å². The summed E-state index contributed by atoms with van der Waals surface area (Å²) < 4.78 is 10.9. The number of rotatable bonds is 4. The highest BCUT2D eigenvalue weighted by atomic mass is 16.5. The molecule has 1 aliphatic heterocycles. The second-order valence-corrected chi connectivity index (χ2v) is 5.73. The van der Waals surface area contributed by atoms with Crippen LogP contribution in [0.2, 0.25) is 0 Å². The SMILES string of the molecule is Cc1cc(CN2CCN(C(C)c3ncc(C)o3)CC2)on1. The van der Waals surface area contributed by atoms with Crippen molar-refractivity contribution in [3.63, 3.8) is 0 Å². The summed E-state index contributed by atoms with van der Waals surface area (Å²) in [6, 6.07) is 2.23. The molecule has 2 aromatic rings. The lowest BCUT2D eigenvalue weighted by Crippen LogP contribution is -2.46. The van der Waals surface area contributed by atoms with Gasteiger partial charge in [-0.1, -0.05) is 5.16 Å². The van der Waals surface area contributed by atoms with Gasteiger partial charge in [0.25, 0.3) is 0 Å². The van der Waals surface area contributed by atoms with Crippen LogP contribution in [0, 0.1) is 13.8 Å². The third-order valence-corrected chi connectivity index (χ3v) is 4.01. The summed E-state index contributed by atoms with van der Waals surface area (Å²) in [6.45, 7) is 10.9. The van der Waals surface area contributed by atoms with E-state index in [9.17, 15) is 0 Å². The molecule has 0 amide bonds. The molecule has 0 N–H and O–H groups in total. The average molecular weight is 290 g/mol. The van der Waals surface area contributed by atoms with Crippen LogP contribution in [0.15, 0.2) is 21.2 Å². The maximum atomic E-state index is 5.63. The summed E-state index contributed by atoms with van der Waals surface area (Å²) in [4.78, 5) is 9.14. The van der Waals surface area contributed by atoms with Gasteiger partial charge in [0.15, 0.2) is 5.76 Å². The monoisotopic (exact) mass is 290 g/mol. The van der Waals surface area contributed by atoms with E-state index in [1.165, 1.54) is 0 Å². The lowest BCUT2D eigenvalue weighted by molar-refractivity contribution is 0.0818. The van der Waals surface area contributed by atoms with Gasteiger partial charge in [-0.2, -0.15) is 0 Å². The van der Waals surface area contributed by atoms with Crippen molar-refractivity contribution in [2.75, 3.05) is 26.2 Å². The normalized spacial score (nSPS) is 19.0. The molecule has 0 aromatic carbocycles. The van der Waals surface area contributed by atoms with E-state index in [0.29, 0.717) is 0 Å². The molecule has 3 heterocycles. The van der Waals surface area contributed by atoms with E-state index in [1.807, 2.05) is 19.9 Å². The van der Waals surface area contributed by atoms with Crippen molar-refractivity contribution in [1.29, 1.82) is 0 Å². The Kier molecular flexibility index (Phi) is 4.07. The van der Waals surface area contributed by atoms with E-state index in [4.69, 9.17) is 8.94 Å². The standard InChI is InChI=1S/C15H22N4O2/c1-11-8-14(21-17-11)10-18-4-6-19(7-5-18)13(3)15-16-9-12(2)20-15/h8-9,13H,4-7,10H2,1-3H3. The summed E-state index contributed by atoms with van der Waals surface area (Å²) in [5.41, 5.74) is 0.941. The molecule has 3 rings (SSSR count). The molecule has 6 heteroatoms. The Labute approximate surface area is 124 Å². The predicted molar refractivity (Wildman–Crippen MR) is 77.7 cm³/mol. The van der Waals surface area contributed by atoms with Crippen molar-refractivity contribution >= 4 is 0 Å². The van der Waals surface area contributed by atoms with Crippen LogP contribution in [0.5, 0.6) is 0 Å². The van der Waals surface area contributed by atoms with Crippen LogP contribution in [0.3, 0.4) is 0 Å². The number of hydrogen-bond donors (Lipinski definition) is 0. The molecular weight excluding hydrogens is 268 g/mol. The van der Waals surface area contributed by atoms with Crippen LogP contribution in [-0.4, -0.2) is 46.1 Å². The van der Waals surface area contributed by atoms with E-state index >= 15 is 0 Å². The smallest absolute Gasteiger partial charge is 0.211 e. The highest BCUT2D eigenvalue weighted by molar-refractivity contribution is 5.03. The number of piperazine rings is 1. The molecule has 21 heavy (non-hydrogen) atoms. The van der Waals surface area contributed by atoms with Gasteiger partial charge in [0, 0.05) is 32.2 Å². The molecule has 0 aliphatic carbocycles. The second-order valence-electron chi connectivity index (χ2n) is 5.73. The van der Waals surface area contributed by atoms with E-state index in [0.717, 1.165) is 55.8 Å². The van der Waals surface area contributed by atoms with Crippen LogP contribution in [0.25, 0.3) is 0 Å². The molecule has 114 valence electrons.